The van der Waals surface area contributed by atoms with Crippen molar-refractivity contribution in [3.63, 3.8) is 0 Å². The Morgan fingerprint density at radius 2 is 1.80 bits per heavy atom. The lowest BCUT2D eigenvalue weighted by molar-refractivity contribution is 0.104. The van der Waals surface area contributed by atoms with Gasteiger partial charge in [-0.05, 0) is 49.0 Å². The van der Waals surface area contributed by atoms with Crippen molar-refractivity contribution in [2.45, 2.75) is 13.0 Å². The average molecular weight is 337 g/mol. The minimum Gasteiger partial charge on any atom is -0.493 e. The van der Waals surface area contributed by atoms with Crippen molar-refractivity contribution in [1.82, 2.24) is 4.90 Å². The molecule has 0 amide bonds. The molecule has 0 atom stereocenters. The van der Waals surface area contributed by atoms with Gasteiger partial charge >= 0.3 is 0 Å². The van der Waals surface area contributed by atoms with Crippen LogP contribution in [0, 0.1) is 0 Å². The topological polar surface area (TPSA) is 38.8 Å². The van der Waals surface area contributed by atoms with Crippen LogP contribution in [0.5, 0.6) is 11.5 Å². The van der Waals surface area contributed by atoms with Crippen LogP contribution in [0.4, 0.5) is 0 Å². The van der Waals surface area contributed by atoms with Crippen LogP contribution >= 0.6 is 0 Å². The molecule has 0 aliphatic heterocycles. The minimum atomic E-state index is 0.0639. The third-order valence-electron chi connectivity index (χ3n) is 4.32. The normalized spacial score (nSPS) is 14.9. The third-order valence-corrected chi connectivity index (χ3v) is 4.32. The summed E-state index contributed by atoms with van der Waals surface area (Å²) < 4.78 is 10.7. The molecular formula is C21H23NO3. The number of allylic oxidation sites excluding steroid dienone is 1. The van der Waals surface area contributed by atoms with Gasteiger partial charge in [-0.1, -0.05) is 24.3 Å². The first-order chi connectivity index (χ1) is 12.0. The highest BCUT2D eigenvalue weighted by Gasteiger charge is 2.27. The van der Waals surface area contributed by atoms with Gasteiger partial charge in [-0.15, -0.1) is 0 Å². The lowest BCUT2D eigenvalue weighted by atomic mass is 10.1. The van der Waals surface area contributed by atoms with Crippen LogP contribution in [0.25, 0.3) is 6.08 Å². The summed E-state index contributed by atoms with van der Waals surface area (Å²) in [4.78, 5) is 14.9. The van der Waals surface area contributed by atoms with Gasteiger partial charge in [0.25, 0.3) is 0 Å². The first kappa shape index (κ1) is 17.2. The van der Waals surface area contributed by atoms with Gasteiger partial charge < -0.3 is 14.4 Å². The molecule has 0 N–H and O–H groups in total. The van der Waals surface area contributed by atoms with Crippen molar-refractivity contribution in [1.29, 1.82) is 0 Å². The predicted octanol–water partition coefficient (Wildman–Crippen LogP) is 3.59. The summed E-state index contributed by atoms with van der Waals surface area (Å²) in [5.74, 6) is 1.31. The van der Waals surface area contributed by atoms with E-state index in [0.29, 0.717) is 23.5 Å². The van der Waals surface area contributed by atoms with Gasteiger partial charge in [-0.25, -0.2) is 0 Å². The quantitative estimate of drug-likeness (QED) is 0.782. The van der Waals surface area contributed by atoms with E-state index in [1.807, 2.05) is 38.4 Å². The molecule has 0 heterocycles. The highest BCUT2D eigenvalue weighted by atomic mass is 16.5. The number of hydrogen-bond acceptors (Lipinski definition) is 4. The van der Waals surface area contributed by atoms with Crippen LogP contribution in [-0.4, -0.2) is 39.0 Å². The highest BCUT2D eigenvalue weighted by molar-refractivity contribution is 6.15. The first-order valence-electron chi connectivity index (χ1n) is 8.25. The van der Waals surface area contributed by atoms with Gasteiger partial charge in [0.05, 0.1) is 14.2 Å². The molecule has 0 saturated heterocycles. The van der Waals surface area contributed by atoms with Gasteiger partial charge in [0.1, 0.15) is 0 Å². The fraction of sp³-hybridized carbons (Fsp3) is 0.286. The number of fused-ring (bicyclic) bond motifs is 1. The molecule has 130 valence electrons. The monoisotopic (exact) mass is 337 g/mol. The molecular weight excluding hydrogens is 314 g/mol. The van der Waals surface area contributed by atoms with E-state index in [0.717, 1.165) is 23.2 Å². The Hall–Kier alpha value is -2.59. The summed E-state index contributed by atoms with van der Waals surface area (Å²) in [7, 11) is 7.27. The number of carbonyl (C=O) groups is 1. The minimum absolute atomic E-state index is 0.0639. The van der Waals surface area contributed by atoms with Crippen molar-refractivity contribution >= 4 is 11.9 Å². The van der Waals surface area contributed by atoms with Crippen molar-refractivity contribution in [2.75, 3.05) is 28.3 Å². The molecule has 0 fully saturated rings. The zero-order chi connectivity index (χ0) is 18.0. The summed E-state index contributed by atoms with van der Waals surface area (Å²) in [6.07, 6.45) is 2.60. The van der Waals surface area contributed by atoms with E-state index in [2.05, 4.69) is 17.0 Å². The summed E-state index contributed by atoms with van der Waals surface area (Å²) in [5, 5.41) is 0. The molecule has 3 rings (SSSR count). The number of benzene rings is 2. The number of nitrogens with zero attached hydrogens (tertiary/aromatic N) is 1. The van der Waals surface area contributed by atoms with Crippen LogP contribution in [0.3, 0.4) is 0 Å². The van der Waals surface area contributed by atoms with E-state index in [-0.39, 0.29) is 5.78 Å². The average Bonchev–Trinajstić information content (AvgIpc) is 2.88. The van der Waals surface area contributed by atoms with E-state index in [9.17, 15) is 4.79 Å². The molecule has 25 heavy (non-hydrogen) atoms. The summed E-state index contributed by atoms with van der Waals surface area (Å²) in [6, 6.07) is 12.0. The Balaban J connectivity index is 1.92. The van der Waals surface area contributed by atoms with Gasteiger partial charge in [-0.2, -0.15) is 0 Å². The SMILES string of the molecule is COc1cc2c(cc1OC)C(=O)/C(=C/c1cccc(CN(C)C)c1)C2. The maximum Gasteiger partial charge on any atom is 0.189 e. The molecule has 2 aromatic carbocycles. The number of rotatable bonds is 5. The zero-order valence-electron chi connectivity index (χ0n) is 15.1. The Morgan fingerprint density at radius 3 is 2.48 bits per heavy atom. The van der Waals surface area contributed by atoms with Gasteiger partial charge in [0.2, 0.25) is 0 Å². The standard InChI is InChI=1S/C21H23NO3/c1-22(2)13-15-7-5-6-14(8-15)9-17-10-16-11-19(24-3)20(25-4)12-18(16)21(17)23/h5-9,11-12H,10,13H2,1-4H3/b17-9+. The maximum absolute atomic E-state index is 12.8. The zero-order valence-corrected chi connectivity index (χ0v) is 15.1. The van der Waals surface area contributed by atoms with Crippen molar-refractivity contribution in [3.05, 3.63) is 64.2 Å². The lowest BCUT2D eigenvalue weighted by Gasteiger charge is -2.10. The van der Waals surface area contributed by atoms with E-state index in [1.54, 1.807) is 20.3 Å². The van der Waals surface area contributed by atoms with Crippen LogP contribution < -0.4 is 9.47 Å². The fourth-order valence-electron chi connectivity index (χ4n) is 3.20. The number of carbonyl (C=O) groups excluding carboxylic acids is 1. The Kier molecular flexibility index (Phi) is 4.91. The third kappa shape index (κ3) is 3.59. The molecule has 0 bridgehead atoms. The van der Waals surface area contributed by atoms with Crippen LogP contribution in [0.2, 0.25) is 0 Å². The molecule has 4 heteroatoms. The number of hydrogen-bond donors (Lipinski definition) is 0. The van der Waals surface area contributed by atoms with Crippen LogP contribution in [0.15, 0.2) is 42.0 Å². The molecule has 1 aliphatic rings. The smallest absolute Gasteiger partial charge is 0.189 e. The van der Waals surface area contributed by atoms with Gasteiger partial charge in [-0.3, -0.25) is 4.79 Å². The van der Waals surface area contributed by atoms with Crippen molar-refractivity contribution in [2.24, 2.45) is 0 Å². The van der Waals surface area contributed by atoms with Crippen molar-refractivity contribution < 1.29 is 14.3 Å². The molecule has 0 saturated carbocycles. The van der Waals surface area contributed by atoms with Gasteiger partial charge in [0, 0.05) is 24.1 Å². The Morgan fingerprint density at radius 1 is 1.08 bits per heavy atom. The van der Waals surface area contributed by atoms with Crippen molar-refractivity contribution in [3.8, 4) is 11.5 Å². The van der Waals surface area contributed by atoms with E-state index >= 15 is 0 Å². The second-order valence-corrected chi connectivity index (χ2v) is 6.52. The summed E-state index contributed by atoms with van der Waals surface area (Å²) in [6.45, 7) is 0.875. The second kappa shape index (κ2) is 7.11. The summed E-state index contributed by atoms with van der Waals surface area (Å²) >= 11 is 0. The molecule has 1 aliphatic carbocycles. The number of ketones is 1. The molecule has 2 aromatic rings. The van der Waals surface area contributed by atoms with E-state index < -0.39 is 0 Å². The Bertz CT molecular complexity index is 837. The molecule has 4 nitrogen and oxygen atoms in total. The maximum atomic E-state index is 12.8. The number of ether oxygens (including phenoxy) is 2. The highest BCUT2D eigenvalue weighted by Crippen LogP contribution is 2.37. The van der Waals surface area contributed by atoms with E-state index in [4.69, 9.17) is 9.47 Å². The number of methoxy groups -OCH3 is 2. The van der Waals surface area contributed by atoms with Crippen LogP contribution in [0.1, 0.15) is 27.0 Å². The largest absolute Gasteiger partial charge is 0.493 e. The second-order valence-electron chi connectivity index (χ2n) is 6.52. The number of Topliss-reactive ketones (excluding diaryl/α,β-unsaturated/α-hetero) is 1. The van der Waals surface area contributed by atoms with Crippen LogP contribution in [-0.2, 0) is 13.0 Å². The molecule has 0 radical (unpaired) electrons. The molecule has 0 aromatic heterocycles. The van der Waals surface area contributed by atoms with E-state index in [1.165, 1.54) is 5.56 Å². The predicted molar refractivity (Wildman–Crippen MR) is 99.4 cm³/mol. The Labute approximate surface area is 148 Å². The molecule has 0 unspecified atom stereocenters. The fourth-order valence-corrected chi connectivity index (χ4v) is 3.20. The van der Waals surface area contributed by atoms with Gasteiger partial charge in [0.15, 0.2) is 17.3 Å². The first-order valence-corrected chi connectivity index (χ1v) is 8.25. The summed E-state index contributed by atoms with van der Waals surface area (Å²) in [5.41, 5.74) is 4.76. The lowest BCUT2D eigenvalue weighted by Crippen LogP contribution is -2.10. The molecule has 0 spiro atoms.